The van der Waals surface area contributed by atoms with E-state index in [1.54, 1.807) is 0 Å². The molecular weight excluding hydrogens is 454 g/mol. The molecule has 172 valence electrons. The zero-order chi connectivity index (χ0) is 24.5. The predicted molar refractivity (Wildman–Crippen MR) is 149 cm³/mol. The van der Waals surface area contributed by atoms with Crippen LogP contribution in [-0.4, -0.2) is 18.5 Å². The van der Waals surface area contributed by atoms with Crippen molar-refractivity contribution in [2.24, 2.45) is 0 Å². The number of hydrogen-bond acceptors (Lipinski definition) is 2. The monoisotopic (exact) mass is 473 g/mol. The highest BCUT2D eigenvalue weighted by atomic mass is 15.2. The van der Waals surface area contributed by atoms with Gasteiger partial charge in [-0.05, 0) is 48.5 Å². The van der Waals surface area contributed by atoms with Crippen LogP contribution in [0.2, 0.25) is 0 Å². The van der Waals surface area contributed by atoms with Crippen molar-refractivity contribution < 1.29 is 0 Å². The van der Waals surface area contributed by atoms with E-state index < -0.39 is 0 Å². The van der Waals surface area contributed by atoms with Crippen LogP contribution in [0.15, 0.2) is 115 Å². The maximum absolute atomic E-state index is 10.3. The summed E-state index contributed by atoms with van der Waals surface area (Å²) >= 11 is 0. The highest BCUT2D eigenvalue weighted by Gasteiger charge is 2.23. The summed E-state index contributed by atoms with van der Waals surface area (Å²) in [5.74, 6) is 0.784. The molecule has 0 atom stereocenters. The molecule has 8 aromatic rings. The molecule has 0 unspecified atom stereocenters. The van der Waals surface area contributed by atoms with Gasteiger partial charge in [0.2, 0.25) is 5.78 Å². The van der Waals surface area contributed by atoms with E-state index in [-0.39, 0.29) is 0 Å². The maximum atomic E-state index is 10.3. The van der Waals surface area contributed by atoms with Gasteiger partial charge in [-0.25, -0.2) is 4.98 Å². The summed E-state index contributed by atoms with van der Waals surface area (Å²) in [6, 6.07) is 41.8. The summed E-state index contributed by atoms with van der Waals surface area (Å²) in [6.07, 6.45) is 0. The molecule has 3 heterocycles. The Hall–Kier alpha value is -5.34. The van der Waals surface area contributed by atoms with Crippen molar-refractivity contribution in [3.63, 3.8) is 0 Å². The maximum Gasteiger partial charge on any atom is 0.220 e. The molecule has 0 aliphatic heterocycles. The average molecular weight is 474 g/mol. The van der Waals surface area contributed by atoms with Crippen LogP contribution >= 0.6 is 0 Å². The summed E-state index contributed by atoms with van der Waals surface area (Å²) in [4.78, 5) is 5.06. The third kappa shape index (κ3) is 2.59. The van der Waals surface area contributed by atoms with Gasteiger partial charge in [0.15, 0.2) is 0 Å². The van der Waals surface area contributed by atoms with Gasteiger partial charge in [-0.1, -0.05) is 66.7 Å². The van der Waals surface area contributed by atoms with Crippen LogP contribution in [0.1, 0.15) is 5.56 Å². The van der Waals surface area contributed by atoms with Crippen LogP contribution in [0.5, 0.6) is 0 Å². The Morgan fingerprint density at radius 1 is 0.541 bits per heavy atom. The lowest BCUT2D eigenvalue weighted by Gasteiger charge is -2.16. The minimum Gasteiger partial charge on any atom is -0.307 e. The molecule has 0 aliphatic carbocycles. The van der Waals surface area contributed by atoms with E-state index >= 15 is 0 Å². The summed E-state index contributed by atoms with van der Waals surface area (Å²) in [7, 11) is 0. The standard InChI is InChI=1S/C32H19N5/c33-20-21-10-9-19-30(35-25-14-4-1-11-22(25)23-12-2-5-15-26(23)35)31(21)37-29-18-8-7-17-28(29)36-27-16-6-3-13-24(27)34-32(36)37/h1-19H. The Balaban J connectivity index is 1.60. The fourth-order valence-electron chi connectivity index (χ4n) is 5.79. The van der Waals surface area contributed by atoms with E-state index in [2.05, 4.69) is 92.4 Å². The number of para-hydroxylation sites is 7. The van der Waals surface area contributed by atoms with Gasteiger partial charge in [0.05, 0.1) is 50.0 Å². The van der Waals surface area contributed by atoms with Gasteiger partial charge in [-0.3, -0.25) is 8.97 Å². The molecule has 0 fully saturated rings. The first-order valence-electron chi connectivity index (χ1n) is 12.2. The Morgan fingerprint density at radius 3 is 1.84 bits per heavy atom. The van der Waals surface area contributed by atoms with Crippen LogP contribution in [0, 0.1) is 11.3 Å². The van der Waals surface area contributed by atoms with Crippen LogP contribution in [0.3, 0.4) is 0 Å². The van der Waals surface area contributed by atoms with E-state index in [4.69, 9.17) is 4.98 Å². The SMILES string of the molecule is N#Cc1cccc(-n2c3ccccc3c3ccccc32)c1-n1c2ccccc2n2c3ccccc3nc12. The summed E-state index contributed by atoms with van der Waals surface area (Å²) in [5, 5.41) is 12.7. The molecular formula is C32H19N5. The summed E-state index contributed by atoms with van der Waals surface area (Å²) < 4.78 is 6.61. The van der Waals surface area contributed by atoms with Crippen LogP contribution in [-0.2, 0) is 0 Å². The fourth-order valence-corrected chi connectivity index (χ4v) is 5.79. The third-order valence-corrected chi connectivity index (χ3v) is 7.29. The summed E-state index contributed by atoms with van der Waals surface area (Å²) in [5.41, 5.74) is 8.55. The number of nitriles is 1. The normalized spacial score (nSPS) is 11.8. The minimum atomic E-state index is 0.592. The first-order valence-corrected chi connectivity index (χ1v) is 12.2. The Morgan fingerprint density at radius 2 is 1.14 bits per heavy atom. The Labute approximate surface area is 211 Å². The van der Waals surface area contributed by atoms with Gasteiger partial charge >= 0.3 is 0 Å². The number of imidazole rings is 2. The molecule has 3 aromatic heterocycles. The van der Waals surface area contributed by atoms with Crippen molar-refractivity contribution in [1.82, 2.24) is 18.5 Å². The van der Waals surface area contributed by atoms with Crippen LogP contribution < -0.4 is 0 Å². The quantitative estimate of drug-likeness (QED) is 0.263. The molecule has 0 aliphatic rings. The highest BCUT2D eigenvalue weighted by molar-refractivity contribution is 6.09. The molecule has 0 radical (unpaired) electrons. The van der Waals surface area contributed by atoms with Gasteiger partial charge in [0, 0.05) is 10.8 Å². The first kappa shape index (κ1) is 19.9. The number of nitrogens with zero attached hydrogens (tertiary/aromatic N) is 5. The first-order chi connectivity index (χ1) is 18.3. The molecule has 8 rings (SSSR count). The number of fused-ring (bicyclic) bond motifs is 8. The van der Waals surface area contributed by atoms with Crippen LogP contribution in [0.4, 0.5) is 0 Å². The number of benzene rings is 5. The molecule has 37 heavy (non-hydrogen) atoms. The van der Waals surface area contributed by atoms with Gasteiger partial charge in [0.1, 0.15) is 6.07 Å². The molecule has 0 spiro atoms. The molecule has 5 aromatic carbocycles. The molecule has 5 heteroatoms. The minimum absolute atomic E-state index is 0.592. The fraction of sp³-hybridized carbons (Fsp3) is 0. The Bertz CT molecular complexity index is 2160. The van der Waals surface area contributed by atoms with E-state index in [1.165, 1.54) is 10.8 Å². The van der Waals surface area contributed by atoms with Crippen molar-refractivity contribution in [1.29, 1.82) is 5.26 Å². The smallest absolute Gasteiger partial charge is 0.220 e. The number of hydrogen-bond donors (Lipinski definition) is 0. The second-order valence-electron chi connectivity index (χ2n) is 9.21. The summed E-state index contributed by atoms with van der Waals surface area (Å²) in [6.45, 7) is 0. The van der Waals surface area contributed by atoms with E-state index in [0.717, 1.165) is 50.3 Å². The van der Waals surface area contributed by atoms with Gasteiger partial charge in [0.25, 0.3) is 0 Å². The largest absolute Gasteiger partial charge is 0.307 e. The van der Waals surface area contributed by atoms with Gasteiger partial charge in [-0.15, -0.1) is 0 Å². The second-order valence-corrected chi connectivity index (χ2v) is 9.21. The third-order valence-electron chi connectivity index (χ3n) is 7.29. The van der Waals surface area contributed by atoms with E-state index in [9.17, 15) is 5.26 Å². The number of aromatic nitrogens is 4. The molecule has 0 bridgehead atoms. The van der Waals surface area contributed by atoms with Gasteiger partial charge < -0.3 is 4.57 Å². The van der Waals surface area contributed by atoms with Crippen molar-refractivity contribution in [3.05, 3.63) is 121 Å². The molecule has 5 nitrogen and oxygen atoms in total. The lowest BCUT2D eigenvalue weighted by Crippen LogP contribution is -2.06. The topological polar surface area (TPSA) is 51.0 Å². The zero-order valence-corrected chi connectivity index (χ0v) is 19.7. The van der Waals surface area contributed by atoms with E-state index in [1.807, 2.05) is 42.5 Å². The van der Waals surface area contributed by atoms with Gasteiger partial charge in [-0.2, -0.15) is 5.26 Å². The van der Waals surface area contributed by atoms with Crippen LogP contribution in [0.25, 0.3) is 61.0 Å². The zero-order valence-electron chi connectivity index (χ0n) is 19.7. The number of rotatable bonds is 2. The molecule has 0 saturated heterocycles. The lowest BCUT2D eigenvalue weighted by atomic mass is 10.1. The molecule has 0 saturated carbocycles. The average Bonchev–Trinajstić information content (AvgIpc) is 3.59. The van der Waals surface area contributed by atoms with Crippen molar-refractivity contribution in [2.75, 3.05) is 0 Å². The molecule has 0 N–H and O–H groups in total. The second kappa shape index (κ2) is 7.33. The van der Waals surface area contributed by atoms with Crippen molar-refractivity contribution in [3.8, 4) is 17.4 Å². The molecule has 0 amide bonds. The van der Waals surface area contributed by atoms with E-state index in [0.29, 0.717) is 5.56 Å². The van der Waals surface area contributed by atoms with Crippen molar-refractivity contribution in [2.45, 2.75) is 0 Å². The lowest BCUT2D eigenvalue weighted by molar-refractivity contribution is 1.06. The van der Waals surface area contributed by atoms with Crippen molar-refractivity contribution >= 4 is 49.7 Å². The predicted octanol–water partition coefficient (Wildman–Crippen LogP) is 7.40. The Kier molecular flexibility index (Phi) is 3.94. The highest BCUT2D eigenvalue weighted by Crippen LogP contribution is 2.37.